The normalized spacial score (nSPS) is 16.5. The fraction of sp³-hybridized carbons (Fsp3) is 0.375. The minimum absolute atomic E-state index is 0.0245. The van der Waals surface area contributed by atoms with Crippen LogP contribution in [0, 0.1) is 12.7 Å². The molecule has 0 spiro atoms. The molecule has 3 aromatic rings. The molecule has 180 valence electrons. The van der Waals surface area contributed by atoms with Gasteiger partial charge in [0.05, 0.1) is 18.9 Å². The summed E-state index contributed by atoms with van der Waals surface area (Å²) < 4.78 is 31.3. The van der Waals surface area contributed by atoms with Crippen molar-refractivity contribution in [2.24, 2.45) is 0 Å². The van der Waals surface area contributed by atoms with Gasteiger partial charge in [0.1, 0.15) is 24.2 Å². The van der Waals surface area contributed by atoms with Crippen LogP contribution in [0.5, 0.6) is 5.88 Å². The molecule has 1 amide bonds. The fourth-order valence-corrected chi connectivity index (χ4v) is 3.95. The van der Waals surface area contributed by atoms with Crippen molar-refractivity contribution in [1.29, 1.82) is 0 Å². The lowest BCUT2D eigenvalue weighted by Crippen LogP contribution is -2.22. The largest absolute Gasteiger partial charge is 0.474 e. The van der Waals surface area contributed by atoms with Gasteiger partial charge in [0.15, 0.2) is 5.82 Å². The summed E-state index contributed by atoms with van der Waals surface area (Å²) in [7, 11) is 0. The Labute approximate surface area is 196 Å². The number of anilines is 3. The van der Waals surface area contributed by atoms with E-state index in [1.165, 1.54) is 6.20 Å². The Morgan fingerprint density at radius 2 is 2.06 bits per heavy atom. The molecule has 2 aromatic heterocycles. The molecule has 1 saturated heterocycles. The maximum absolute atomic E-state index is 15.2. The molecule has 1 atom stereocenters. The van der Waals surface area contributed by atoms with Crippen molar-refractivity contribution in [3.05, 3.63) is 35.9 Å². The first kappa shape index (κ1) is 23.5. The Morgan fingerprint density at radius 3 is 2.82 bits per heavy atom. The Morgan fingerprint density at radius 1 is 1.24 bits per heavy atom. The maximum Gasteiger partial charge on any atom is 0.413 e. The summed E-state index contributed by atoms with van der Waals surface area (Å²) in [6.07, 6.45) is 2.77. The summed E-state index contributed by atoms with van der Waals surface area (Å²) >= 11 is 0. The number of ether oxygens (including phenoxy) is 3. The second kappa shape index (κ2) is 10.1. The lowest BCUT2D eigenvalue weighted by molar-refractivity contribution is 0.0931. The zero-order valence-electron chi connectivity index (χ0n) is 19.4. The average molecular weight is 470 g/mol. The molecule has 4 heterocycles. The van der Waals surface area contributed by atoms with Gasteiger partial charge in [-0.1, -0.05) is 13.8 Å². The zero-order chi connectivity index (χ0) is 24.2. The molecule has 0 aliphatic carbocycles. The number of hydrogen-bond donors (Lipinski definition) is 3. The molecule has 0 bridgehead atoms. The number of carbonyl (C=O) groups is 1. The number of nitrogens with two attached hydrogens (primary N) is 1. The first-order valence-corrected chi connectivity index (χ1v) is 11.3. The maximum atomic E-state index is 15.2. The molecule has 1 unspecified atom stereocenters. The van der Waals surface area contributed by atoms with Crippen LogP contribution >= 0.6 is 0 Å². The number of nitrogens with zero attached hydrogens (tertiary/aromatic N) is 2. The van der Waals surface area contributed by atoms with Crippen molar-refractivity contribution in [1.82, 2.24) is 9.97 Å². The molecular formula is C24H28FN5O4. The molecule has 2 aliphatic rings. The van der Waals surface area contributed by atoms with Crippen LogP contribution in [0.3, 0.4) is 0 Å². The van der Waals surface area contributed by atoms with E-state index in [0.29, 0.717) is 60.6 Å². The number of nitrogens with one attached hydrogen (secondary N) is 2. The number of fused-ring (bicyclic) bond motifs is 2. The van der Waals surface area contributed by atoms with Gasteiger partial charge in [-0.15, -0.1) is 0 Å². The summed E-state index contributed by atoms with van der Waals surface area (Å²) in [5.41, 5.74) is 8.53. The molecule has 1 aromatic carbocycles. The standard InChI is InChI=1S/C22H22FN5O4.C2H6/c1-11-15(8-27-21-20(11)25-3-5-31-21)14-6-12-7-17(26-9-16(12)19(24)18(14)23)28-22(29)32-13-2-4-30-10-13;1-2/h6-9,13,25H,2-5,10,24H2,1H3,(H,26,28,29);1-2H3. The number of hydrogen-bond acceptors (Lipinski definition) is 8. The van der Waals surface area contributed by atoms with Crippen molar-refractivity contribution < 1.29 is 23.4 Å². The minimum Gasteiger partial charge on any atom is -0.474 e. The average Bonchev–Trinajstić information content (AvgIpc) is 3.36. The van der Waals surface area contributed by atoms with E-state index in [4.69, 9.17) is 19.9 Å². The summed E-state index contributed by atoms with van der Waals surface area (Å²) in [5.74, 6) is 0.212. The van der Waals surface area contributed by atoms with E-state index in [2.05, 4.69) is 20.6 Å². The highest BCUT2D eigenvalue weighted by Crippen LogP contribution is 2.39. The van der Waals surface area contributed by atoms with E-state index >= 15 is 4.39 Å². The van der Waals surface area contributed by atoms with Crippen LogP contribution in [0.25, 0.3) is 21.9 Å². The van der Waals surface area contributed by atoms with Gasteiger partial charge >= 0.3 is 6.09 Å². The van der Waals surface area contributed by atoms with E-state index in [1.807, 2.05) is 20.8 Å². The molecule has 9 nitrogen and oxygen atoms in total. The number of rotatable bonds is 3. The number of halogens is 1. The minimum atomic E-state index is -0.622. The molecule has 4 N–H and O–H groups in total. The SMILES string of the molecule is CC.Cc1c(-c2cc3cc(NC(=O)OC4CCOC4)ncc3c(N)c2F)cnc2c1NCCO2. The van der Waals surface area contributed by atoms with Crippen molar-refractivity contribution in [2.75, 3.05) is 42.7 Å². The lowest BCUT2D eigenvalue weighted by Gasteiger charge is -2.22. The molecule has 0 saturated carbocycles. The predicted molar refractivity (Wildman–Crippen MR) is 129 cm³/mol. The summed E-state index contributed by atoms with van der Waals surface area (Å²) in [4.78, 5) is 20.7. The van der Waals surface area contributed by atoms with Gasteiger partial charge in [-0.05, 0) is 30.0 Å². The second-order valence-corrected chi connectivity index (χ2v) is 7.71. The monoisotopic (exact) mass is 469 g/mol. The summed E-state index contributed by atoms with van der Waals surface area (Å²) in [6.45, 7) is 7.99. The van der Waals surface area contributed by atoms with Gasteiger partial charge in [-0.2, -0.15) is 0 Å². The van der Waals surface area contributed by atoms with Crippen LogP contribution in [-0.2, 0) is 9.47 Å². The topological polar surface area (TPSA) is 121 Å². The quantitative estimate of drug-likeness (QED) is 0.480. The zero-order valence-corrected chi connectivity index (χ0v) is 19.4. The third-order valence-corrected chi connectivity index (χ3v) is 5.63. The van der Waals surface area contributed by atoms with Crippen LogP contribution < -0.4 is 21.1 Å². The molecule has 34 heavy (non-hydrogen) atoms. The second-order valence-electron chi connectivity index (χ2n) is 7.71. The molecule has 0 radical (unpaired) electrons. The molecule has 2 aliphatic heterocycles. The van der Waals surface area contributed by atoms with Gasteiger partial charge in [-0.3, -0.25) is 5.32 Å². The highest BCUT2D eigenvalue weighted by Gasteiger charge is 2.22. The van der Waals surface area contributed by atoms with E-state index in [9.17, 15) is 4.79 Å². The number of benzene rings is 1. The first-order chi connectivity index (χ1) is 16.5. The van der Waals surface area contributed by atoms with Crippen LogP contribution in [-0.4, -0.2) is 48.5 Å². The number of carbonyl (C=O) groups excluding carboxylic acids is 1. The van der Waals surface area contributed by atoms with Crippen LogP contribution in [0.4, 0.5) is 26.4 Å². The molecule has 10 heteroatoms. The van der Waals surface area contributed by atoms with Crippen LogP contribution in [0.1, 0.15) is 25.8 Å². The molecule has 1 fully saturated rings. The van der Waals surface area contributed by atoms with Crippen molar-refractivity contribution in [2.45, 2.75) is 33.3 Å². The van der Waals surface area contributed by atoms with E-state index in [0.717, 1.165) is 11.3 Å². The van der Waals surface area contributed by atoms with E-state index < -0.39 is 11.9 Å². The molecule has 5 rings (SSSR count). The summed E-state index contributed by atoms with van der Waals surface area (Å²) in [6, 6.07) is 3.30. The highest BCUT2D eigenvalue weighted by molar-refractivity contribution is 5.99. The Hall–Kier alpha value is -3.66. The van der Waals surface area contributed by atoms with Gasteiger partial charge in [-0.25, -0.2) is 19.2 Å². The van der Waals surface area contributed by atoms with Gasteiger partial charge in [0.25, 0.3) is 0 Å². The number of amides is 1. The van der Waals surface area contributed by atoms with Gasteiger partial charge < -0.3 is 25.3 Å². The Kier molecular flexibility index (Phi) is 6.97. The third-order valence-electron chi connectivity index (χ3n) is 5.63. The van der Waals surface area contributed by atoms with E-state index in [1.54, 1.807) is 18.3 Å². The van der Waals surface area contributed by atoms with E-state index in [-0.39, 0.29) is 17.6 Å². The first-order valence-electron chi connectivity index (χ1n) is 11.3. The fourth-order valence-electron chi connectivity index (χ4n) is 3.95. The van der Waals surface area contributed by atoms with Crippen LogP contribution in [0.2, 0.25) is 0 Å². The highest BCUT2D eigenvalue weighted by atomic mass is 19.1. The number of pyridine rings is 2. The van der Waals surface area contributed by atoms with Crippen molar-refractivity contribution >= 4 is 34.1 Å². The van der Waals surface area contributed by atoms with Crippen molar-refractivity contribution in [3.8, 4) is 17.0 Å². The lowest BCUT2D eigenvalue weighted by atomic mass is 9.97. The number of aromatic nitrogens is 2. The van der Waals surface area contributed by atoms with Gasteiger partial charge in [0.2, 0.25) is 5.88 Å². The third kappa shape index (κ3) is 4.54. The van der Waals surface area contributed by atoms with Crippen molar-refractivity contribution in [3.63, 3.8) is 0 Å². The number of nitrogen functional groups attached to an aromatic ring is 1. The summed E-state index contributed by atoms with van der Waals surface area (Å²) in [5, 5.41) is 6.92. The smallest absolute Gasteiger partial charge is 0.413 e. The van der Waals surface area contributed by atoms with Crippen LogP contribution in [0.15, 0.2) is 24.5 Å². The Balaban J connectivity index is 0.00000133. The predicted octanol–water partition coefficient (Wildman–Crippen LogP) is 4.49. The molecular weight excluding hydrogens is 441 g/mol. The Bertz CT molecular complexity index is 1210. The van der Waals surface area contributed by atoms with Gasteiger partial charge in [0, 0.05) is 41.9 Å².